The molecule has 1 N–H and O–H groups in total. The van der Waals surface area contributed by atoms with Gasteiger partial charge in [0, 0.05) is 9.35 Å². The Balaban J connectivity index is 2.43. The van der Waals surface area contributed by atoms with Gasteiger partial charge in [0.1, 0.15) is 0 Å². The highest BCUT2D eigenvalue weighted by molar-refractivity contribution is 9.10. The van der Waals surface area contributed by atoms with Crippen molar-refractivity contribution in [2.24, 2.45) is 0 Å². The van der Waals surface area contributed by atoms with Crippen molar-refractivity contribution in [3.05, 3.63) is 56.7 Å². The first-order valence-corrected chi connectivity index (χ1v) is 6.58. The molecule has 2 aromatic rings. The molecular formula is C13H9BrO2S. The molecule has 1 aromatic heterocycles. The summed E-state index contributed by atoms with van der Waals surface area (Å²) in [5, 5.41) is 11.1. The van der Waals surface area contributed by atoms with Gasteiger partial charge in [0.25, 0.3) is 0 Å². The zero-order valence-corrected chi connectivity index (χ0v) is 11.2. The molecule has 0 aliphatic rings. The average Bonchev–Trinajstić information content (AvgIpc) is 2.80. The normalized spacial score (nSPS) is 11.5. The molecule has 1 aromatic carbocycles. The molecule has 0 radical (unpaired) electrons. The Labute approximate surface area is 111 Å². The van der Waals surface area contributed by atoms with E-state index in [0.717, 1.165) is 9.35 Å². The van der Waals surface area contributed by atoms with E-state index in [1.165, 1.54) is 11.3 Å². The molecular weight excluding hydrogens is 300 g/mol. The van der Waals surface area contributed by atoms with Crippen molar-refractivity contribution in [1.82, 2.24) is 0 Å². The monoisotopic (exact) mass is 308 g/mol. The molecule has 0 fully saturated rings. The molecule has 1 heterocycles. The van der Waals surface area contributed by atoms with Crippen LogP contribution in [0.4, 0.5) is 0 Å². The second-order valence-corrected chi connectivity index (χ2v) is 5.28. The Morgan fingerprint density at radius 3 is 2.47 bits per heavy atom. The molecule has 0 saturated carbocycles. The van der Waals surface area contributed by atoms with Gasteiger partial charge in [-0.2, -0.15) is 0 Å². The number of carboxylic acid groups (broad SMARTS) is 1. The van der Waals surface area contributed by atoms with Crippen LogP contribution in [-0.4, -0.2) is 11.1 Å². The van der Waals surface area contributed by atoms with Crippen LogP contribution in [0.3, 0.4) is 0 Å². The molecule has 0 saturated heterocycles. The molecule has 86 valence electrons. The SMILES string of the molecule is O=C(O)C(=Cc1cccs1)c1ccc(Br)cc1. The van der Waals surface area contributed by atoms with E-state index in [9.17, 15) is 9.90 Å². The van der Waals surface area contributed by atoms with Gasteiger partial charge in [-0.25, -0.2) is 4.79 Å². The highest BCUT2D eigenvalue weighted by atomic mass is 79.9. The van der Waals surface area contributed by atoms with Crippen molar-refractivity contribution in [2.75, 3.05) is 0 Å². The summed E-state index contributed by atoms with van der Waals surface area (Å²) in [6.07, 6.45) is 1.69. The number of carboxylic acids is 1. The smallest absolute Gasteiger partial charge is 0.336 e. The summed E-state index contributed by atoms with van der Waals surface area (Å²) in [6, 6.07) is 11.0. The summed E-state index contributed by atoms with van der Waals surface area (Å²) in [6.45, 7) is 0. The second-order valence-electron chi connectivity index (χ2n) is 3.39. The summed E-state index contributed by atoms with van der Waals surface area (Å²) >= 11 is 4.84. The summed E-state index contributed by atoms with van der Waals surface area (Å²) in [7, 11) is 0. The number of halogens is 1. The van der Waals surface area contributed by atoms with Crippen molar-refractivity contribution in [1.29, 1.82) is 0 Å². The van der Waals surface area contributed by atoms with Gasteiger partial charge in [-0.1, -0.05) is 34.1 Å². The van der Waals surface area contributed by atoms with Gasteiger partial charge in [0.15, 0.2) is 0 Å². The zero-order valence-electron chi connectivity index (χ0n) is 8.76. The quantitative estimate of drug-likeness (QED) is 0.865. The third-order valence-electron chi connectivity index (χ3n) is 2.22. The van der Waals surface area contributed by atoms with Crippen LogP contribution in [0, 0.1) is 0 Å². The van der Waals surface area contributed by atoms with Crippen LogP contribution in [0.5, 0.6) is 0 Å². The molecule has 2 rings (SSSR count). The summed E-state index contributed by atoms with van der Waals surface area (Å²) in [5.74, 6) is -0.916. The van der Waals surface area contributed by atoms with Gasteiger partial charge in [-0.3, -0.25) is 0 Å². The largest absolute Gasteiger partial charge is 0.478 e. The van der Waals surface area contributed by atoms with Gasteiger partial charge >= 0.3 is 5.97 Å². The lowest BCUT2D eigenvalue weighted by molar-refractivity contribution is -0.130. The first kappa shape index (κ1) is 12.1. The number of rotatable bonds is 3. The Morgan fingerprint density at radius 2 is 1.94 bits per heavy atom. The van der Waals surface area contributed by atoms with Gasteiger partial charge in [0.05, 0.1) is 5.57 Å². The number of aliphatic carboxylic acids is 1. The van der Waals surface area contributed by atoms with E-state index in [4.69, 9.17) is 0 Å². The third kappa shape index (κ3) is 3.05. The molecule has 0 amide bonds. The van der Waals surface area contributed by atoms with Crippen molar-refractivity contribution >= 4 is 44.9 Å². The van der Waals surface area contributed by atoms with E-state index in [1.54, 1.807) is 18.2 Å². The maximum atomic E-state index is 11.2. The van der Waals surface area contributed by atoms with Crippen LogP contribution in [0.15, 0.2) is 46.3 Å². The number of thiophene rings is 1. The van der Waals surface area contributed by atoms with Crippen LogP contribution in [0.1, 0.15) is 10.4 Å². The summed E-state index contributed by atoms with van der Waals surface area (Å²) in [4.78, 5) is 12.2. The summed E-state index contributed by atoms with van der Waals surface area (Å²) in [5.41, 5.74) is 1.01. The highest BCUT2D eigenvalue weighted by Crippen LogP contribution is 2.22. The van der Waals surface area contributed by atoms with Crippen molar-refractivity contribution < 1.29 is 9.90 Å². The zero-order chi connectivity index (χ0) is 12.3. The minimum absolute atomic E-state index is 0.306. The maximum Gasteiger partial charge on any atom is 0.336 e. The van der Waals surface area contributed by atoms with Crippen LogP contribution in [-0.2, 0) is 4.79 Å². The number of hydrogen-bond donors (Lipinski definition) is 1. The molecule has 0 spiro atoms. The minimum Gasteiger partial charge on any atom is -0.478 e. The molecule has 0 atom stereocenters. The maximum absolute atomic E-state index is 11.2. The van der Waals surface area contributed by atoms with Crippen LogP contribution >= 0.6 is 27.3 Å². The Hall–Kier alpha value is -1.39. The molecule has 0 aliphatic carbocycles. The average molecular weight is 309 g/mol. The fourth-order valence-corrected chi connectivity index (χ4v) is 2.34. The Kier molecular flexibility index (Phi) is 3.76. The summed E-state index contributed by atoms with van der Waals surface area (Å²) < 4.78 is 0.933. The predicted octanol–water partition coefficient (Wildman–Crippen LogP) is 4.14. The number of benzene rings is 1. The molecule has 17 heavy (non-hydrogen) atoms. The Morgan fingerprint density at radius 1 is 1.24 bits per heavy atom. The molecule has 4 heteroatoms. The van der Waals surface area contributed by atoms with Gasteiger partial charge in [0.2, 0.25) is 0 Å². The number of carbonyl (C=O) groups is 1. The number of hydrogen-bond acceptors (Lipinski definition) is 2. The van der Waals surface area contributed by atoms with Crippen molar-refractivity contribution in [3.63, 3.8) is 0 Å². The predicted molar refractivity (Wildman–Crippen MR) is 74.0 cm³/mol. The molecule has 0 unspecified atom stereocenters. The van der Waals surface area contributed by atoms with Crippen LogP contribution in [0.25, 0.3) is 11.6 Å². The van der Waals surface area contributed by atoms with Gasteiger partial charge in [-0.05, 0) is 35.2 Å². The fraction of sp³-hybridized carbons (Fsp3) is 0. The first-order chi connectivity index (χ1) is 8.16. The van der Waals surface area contributed by atoms with E-state index in [2.05, 4.69) is 15.9 Å². The molecule has 2 nitrogen and oxygen atoms in total. The topological polar surface area (TPSA) is 37.3 Å². The lowest BCUT2D eigenvalue weighted by Crippen LogP contribution is -1.99. The van der Waals surface area contributed by atoms with E-state index in [0.29, 0.717) is 11.1 Å². The minimum atomic E-state index is -0.916. The van der Waals surface area contributed by atoms with E-state index in [-0.39, 0.29) is 0 Å². The third-order valence-corrected chi connectivity index (χ3v) is 3.56. The van der Waals surface area contributed by atoms with Crippen molar-refractivity contribution in [3.8, 4) is 0 Å². The van der Waals surface area contributed by atoms with Crippen LogP contribution < -0.4 is 0 Å². The Bertz CT molecular complexity index is 541. The standard InChI is InChI=1S/C13H9BrO2S/c14-10-5-3-9(4-6-10)12(13(15)16)8-11-2-1-7-17-11/h1-8H,(H,15,16). The second kappa shape index (κ2) is 5.29. The fourth-order valence-electron chi connectivity index (χ4n) is 1.41. The van der Waals surface area contributed by atoms with Crippen LogP contribution in [0.2, 0.25) is 0 Å². The highest BCUT2D eigenvalue weighted by Gasteiger charge is 2.10. The van der Waals surface area contributed by atoms with E-state index < -0.39 is 5.97 Å². The van der Waals surface area contributed by atoms with Gasteiger partial charge in [-0.15, -0.1) is 11.3 Å². The molecule has 0 bridgehead atoms. The van der Waals surface area contributed by atoms with E-state index in [1.807, 2.05) is 29.6 Å². The first-order valence-electron chi connectivity index (χ1n) is 4.91. The van der Waals surface area contributed by atoms with E-state index >= 15 is 0 Å². The van der Waals surface area contributed by atoms with Crippen molar-refractivity contribution in [2.45, 2.75) is 0 Å². The lowest BCUT2D eigenvalue weighted by atomic mass is 10.1. The molecule has 0 aliphatic heterocycles. The lowest BCUT2D eigenvalue weighted by Gasteiger charge is -2.02. The van der Waals surface area contributed by atoms with Gasteiger partial charge < -0.3 is 5.11 Å².